The summed E-state index contributed by atoms with van der Waals surface area (Å²) in [4.78, 5) is 37.2. The molecule has 11 nitrogen and oxygen atoms in total. The van der Waals surface area contributed by atoms with Gasteiger partial charge in [0.15, 0.2) is 5.82 Å². The van der Waals surface area contributed by atoms with Crippen LogP contribution in [0.2, 0.25) is 0 Å². The van der Waals surface area contributed by atoms with E-state index in [2.05, 4.69) is 27.4 Å². The average Bonchev–Trinajstić information content (AvgIpc) is 3.57. The van der Waals surface area contributed by atoms with Crippen LogP contribution in [0.25, 0.3) is 16.7 Å². The highest BCUT2D eigenvalue weighted by Crippen LogP contribution is 2.42. The van der Waals surface area contributed by atoms with Crippen molar-refractivity contribution in [1.29, 1.82) is 0 Å². The van der Waals surface area contributed by atoms with Crippen molar-refractivity contribution in [2.75, 3.05) is 10.2 Å². The molecule has 5 aromatic rings. The van der Waals surface area contributed by atoms with Gasteiger partial charge in [0.2, 0.25) is 0 Å². The van der Waals surface area contributed by atoms with Crippen molar-refractivity contribution < 1.29 is 28.5 Å². The molecule has 6 rings (SSSR count). The lowest BCUT2D eigenvalue weighted by atomic mass is 10.1. The third-order valence-corrected chi connectivity index (χ3v) is 7.61. The molecule has 1 atom stereocenters. The summed E-state index contributed by atoms with van der Waals surface area (Å²) in [6.45, 7) is 13.3. The van der Waals surface area contributed by atoms with Gasteiger partial charge in [0, 0.05) is 29.5 Å². The number of anilines is 2. The van der Waals surface area contributed by atoms with Crippen LogP contribution in [0.15, 0.2) is 85.2 Å². The summed E-state index contributed by atoms with van der Waals surface area (Å²) < 4.78 is 25.5. The molecule has 0 bridgehead atoms. The molecule has 3 heterocycles. The minimum absolute atomic E-state index is 0.0373. The Hall–Kier alpha value is -5.42. The van der Waals surface area contributed by atoms with Crippen molar-refractivity contribution >= 4 is 34.7 Å². The molecule has 0 saturated carbocycles. The first-order valence-electron chi connectivity index (χ1n) is 16.2. The van der Waals surface area contributed by atoms with E-state index in [1.54, 1.807) is 41.5 Å². The van der Waals surface area contributed by atoms with E-state index in [-0.39, 0.29) is 11.9 Å². The maximum absolute atomic E-state index is 13.7. The number of ether oxygens (including phenoxy) is 4. The van der Waals surface area contributed by atoms with Crippen molar-refractivity contribution in [3.8, 4) is 17.2 Å². The summed E-state index contributed by atoms with van der Waals surface area (Å²) in [5.74, 6) is 1.35. The molecule has 1 aliphatic rings. The Morgan fingerprint density at radius 1 is 0.878 bits per heavy atom. The molecule has 0 aliphatic carbocycles. The standard InChI is InChI=1S/C38H41N5O6/c1-24-31-30(22-46-24)42(33-32(31)40-23-41-34(33)43(35(44)48-37(2,3)4)36(45)49-38(5,6)7)27-16-18-28(19-17-27)47-29-15-11-14-26(20-29)39-21-25-12-9-8-10-13-25/h8-20,23-24,39H,21-22H2,1-7H3. The number of amides is 2. The van der Waals surface area contributed by atoms with E-state index >= 15 is 0 Å². The summed E-state index contributed by atoms with van der Waals surface area (Å²) in [5.41, 5.74) is 3.78. The predicted octanol–water partition coefficient (Wildman–Crippen LogP) is 9.09. The monoisotopic (exact) mass is 663 g/mol. The Bertz CT molecular complexity index is 1950. The minimum atomic E-state index is -0.914. The lowest BCUT2D eigenvalue weighted by Gasteiger charge is -2.28. The van der Waals surface area contributed by atoms with Gasteiger partial charge < -0.3 is 28.8 Å². The molecule has 11 heteroatoms. The van der Waals surface area contributed by atoms with Gasteiger partial charge in [0.1, 0.15) is 40.1 Å². The fraction of sp³-hybridized carbons (Fsp3) is 0.316. The third-order valence-electron chi connectivity index (χ3n) is 7.61. The molecule has 1 unspecified atom stereocenters. The first-order valence-corrected chi connectivity index (χ1v) is 16.2. The average molecular weight is 664 g/mol. The Labute approximate surface area is 285 Å². The van der Waals surface area contributed by atoms with Crippen LogP contribution in [0.1, 0.15) is 71.4 Å². The van der Waals surface area contributed by atoms with Gasteiger partial charge in [-0.3, -0.25) is 0 Å². The SMILES string of the molecule is CC1OCc2c1c1ncnc(N(C(=O)OC(C)(C)C)C(=O)OC(C)(C)C)c1n2-c1ccc(Oc2cccc(NCc3ccccc3)c2)cc1. The number of hydrogen-bond donors (Lipinski definition) is 1. The van der Waals surface area contributed by atoms with Crippen LogP contribution in [0.5, 0.6) is 11.5 Å². The van der Waals surface area contributed by atoms with Crippen molar-refractivity contribution in [1.82, 2.24) is 14.5 Å². The largest absolute Gasteiger partial charge is 0.457 e. The second-order valence-electron chi connectivity index (χ2n) is 13.8. The van der Waals surface area contributed by atoms with E-state index in [1.807, 2.05) is 78.2 Å². The third kappa shape index (κ3) is 7.52. The predicted molar refractivity (Wildman–Crippen MR) is 187 cm³/mol. The topological polar surface area (TPSA) is 117 Å². The van der Waals surface area contributed by atoms with Crippen molar-refractivity contribution in [2.45, 2.75) is 78.9 Å². The zero-order valence-corrected chi connectivity index (χ0v) is 28.8. The number of nitrogens with zero attached hydrogens (tertiary/aromatic N) is 4. The van der Waals surface area contributed by atoms with Crippen LogP contribution in [-0.4, -0.2) is 37.9 Å². The number of rotatable bonds is 7. The molecule has 49 heavy (non-hydrogen) atoms. The highest BCUT2D eigenvalue weighted by molar-refractivity contribution is 6.13. The van der Waals surface area contributed by atoms with E-state index in [0.29, 0.717) is 35.7 Å². The molecular formula is C38H41N5O6. The van der Waals surface area contributed by atoms with Crippen LogP contribution in [-0.2, 0) is 27.4 Å². The van der Waals surface area contributed by atoms with Crippen LogP contribution < -0.4 is 15.0 Å². The lowest BCUT2D eigenvalue weighted by Crippen LogP contribution is -2.44. The van der Waals surface area contributed by atoms with Crippen LogP contribution in [0, 0.1) is 0 Å². The van der Waals surface area contributed by atoms with Gasteiger partial charge >= 0.3 is 12.2 Å². The van der Waals surface area contributed by atoms with Gasteiger partial charge in [-0.15, -0.1) is 0 Å². The highest BCUT2D eigenvalue weighted by atomic mass is 16.6. The number of fused-ring (bicyclic) bond motifs is 3. The van der Waals surface area contributed by atoms with Gasteiger partial charge in [-0.1, -0.05) is 36.4 Å². The number of aromatic nitrogens is 3. The smallest absolute Gasteiger partial charge is 0.425 e. The normalized spacial score (nSPS) is 14.3. The zero-order valence-electron chi connectivity index (χ0n) is 28.8. The van der Waals surface area contributed by atoms with Crippen LogP contribution in [0.4, 0.5) is 21.1 Å². The summed E-state index contributed by atoms with van der Waals surface area (Å²) in [6.07, 6.45) is -0.774. The molecule has 2 amide bonds. The fourth-order valence-corrected chi connectivity index (χ4v) is 5.60. The molecule has 1 N–H and O–H groups in total. The Kier molecular flexibility index (Phi) is 9.04. The number of carbonyl (C=O) groups is 2. The molecule has 0 saturated heterocycles. The van der Waals surface area contributed by atoms with Crippen molar-refractivity contribution in [3.63, 3.8) is 0 Å². The summed E-state index contributed by atoms with van der Waals surface area (Å²) in [6, 6.07) is 25.5. The zero-order chi connectivity index (χ0) is 34.9. The minimum Gasteiger partial charge on any atom is -0.457 e. The van der Waals surface area contributed by atoms with Crippen LogP contribution in [0.3, 0.4) is 0 Å². The number of carbonyl (C=O) groups excluding carboxylic acids is 2. The van der Waals surface area contributed by atoms with Gasteiger partial charge in [0.25, 0.3) is 0 Å². The maximum atomic E-state index is 13.7. The fourth-order valence-electron chi connectivity index (χ4n) is 5.60. The molecule has 2 aromatic heterocycles. The van der Waals surface area contributed by atoms with Gasteiger partial charge in [0.05, 0.1) is 18.4 Å². The highest BCUT2D eigenvalue weighted by Gasteiger charge is 2.38. The Morgan fingerprint density at radius 3 is 2.20 bits per heavy atom. The van der Waals surface area contributed by atoms with Crippen LogP contribution >= 0.6 is 0 Å². The molecular weight excluding hydrogens is 622 g/mol. The Morgan fingerprint density at radius 2 is 1.55 bits per heavy atom. The molecule has 1 aliphatic heterocycles. The molecule has 0 spiro atoms. The number of benzene rings is 3. The summed E-state index contributed by atoms with van der Waals surface area (Å²) >= 11 is 0. The molecule has 3 aromatic carbocycles. The van der Waals surface area contributed by atoms with Crippen molar-refractivity contribution in [3.05, 3.63) is 102 Å². The first-order chi connectivity index (χ1) is 23.3. The van der Waals surface area contributed by atoms with Crippen molar-refractivity contribution in [2.24, 2.45) is 0 Å². The number of imide groups is 1. The van der Waals surface area contributed by atoms with E-state index in [9.17, 15) is 9.59 Å². The quantitative estimate of drug-likeness (QED) is 0.182. The number of nitrogens with one attached hydrogen (secondary N) is 1. The molecule has 254 valence electrons. The second-order valence-corrected chi connectivity index (χ2v) is 13.8. The number of hydrogen-bond acceptors (Lipinski definition) is 9. The summed E-state index contributed by atoms with van der Waals surface area (Å²) in [5, 5.41) is 3.44. The second kappa shape index (κ2) is 13.2. The molecule has 0 fully saturated rings. The van der Waals surface area contributed by atoms with Gasteiger partial charge in [-0.25, -0.2) is 19.6 Å². The summed E-state index contributed by atoms with van der Waals surface area (Å²) in [7, 11) is 0. The van der Waals surface area contributed by atoms with Gasteiger partial charge in [-0.05, 0) is 90.4 Å². The first kappa shape index (κ1) is 33.5. The molecule has 0 radical (unpaired) electrons. The van der Waals surface area contributed by atoms with E-state index in [4.69, 9.17) is 18.9 Å². The van der Waals surface area contributed by atoms with E-state index in [0.717, 1.165) is 27.5 Å². The maximum Gasteiger partial charge on any atom is 0.425 e. The lowest BCUT2D eigenvalue weighted by molar-refractivity contribution is 0.0429. The Balaban J connectivity index is 1.36. The van der Waals surface area contributed by atoms with E-state index < -0.39 is 23.4 Å². The van der Waals surface area contributed by atoms with Gasteiger partial charge in [-0.2, -0.15) is 4.90 Å². The van der Waals surface area contributed by atoms with E-state index in [1.165, 1.54) is 11.9 Å².